The van der Waals surface area contributed by atoms with Crippen molar-refractivity contribution >= 4 is 51.7 Å². The van der Waals surface area contributed by atoms with E-state index >= 15 is 0 Å². The van der Waals surface area contributed by atoms with Crippen LogP contribution in [0.3, 0.4) is 0 Å². The van der Waals surface area contributed by atoms with E-state index in [9.17, 15) is 8.42 Å². The normalized spacial score (nSPS) is 19.7. The molecule has 1 spiro atoms. The molecule has 2 N–H and O–H groups in total. The molecule has 0 aromatic heterocycles. The van der Waals surface area contributed by atoms with E-state index in [-0.39, 0.29) is 28.9 Å². The molecular weight excluding hydrogens is 519 g/mol. The maximum Gasteiger partial charge on any atom is 0.240 e. The van der Waals surface area contributed by atoms with Crippen LogP contribution < -0.4 is 10.0 Å². The number of sulfonamides is 1. The molecule has 1 saturated heterocycles. The molecule has 0 unspecified atom stereocenters. The SMILES string of the molecule is CCNC(=NCc1ccc(S(=O)(=O)NC)cc1)N1CCSC2(CCCCC2)C1.I. The minimum atomic E-state index is -3.40. The van der Waals surface area contributed by atoms with E-state index in [0.717, 1.165) is 36.9 Å². The minimum Gasteiger partial charge on any atom is -0.357 e. The van der Waals surface area contributed by atoms with Crippen molar-refractivity contribution in [1.82, 2.24) is 14.9 Å². The number of hydrogen-bond acceptors (Lipinski definition) is 4. The van der Waals surface area contributed by atoms with Gasteiger partial charge in [0.15, 0.2) is 5.96 Å². The summed E-state index contributed by atoms with van der Waals surface area (Å²) in [4.78, 5) is 7.56. The fourth-order valence-corrected chi connectivity index (χ4v) is 6.31. The molecule has 29 heavy (non-hydrogen) atoms. The first-order valence-electron chi connectivity index (χ1n) is 10.2. The summed E-state index contributed by atoms with van der Waals surface area (Å²) in [5, 5.41) is 3.45. The van der Waals surface area contributed by atoms with Crippen LogP contribution in [0.5, 0.6) is 0 Å². The number of halogens is 1. The molecule has 164 valence electrons. The third-order valence-corrected chi connectivity index (χ3v) is 8.53. The summed E-state index contributed by atoms with van der Waals surface area (Å²) in [5.41, 5.74) is 1.00. The Labute approximate surface area is 196 Å². The number of thioether (sulfide) groups is 1. The zero-order chi connectivity index (χ0) is 20.0. The molecule has 1 saturated carbocycles. The molecule has 3 rings (SSSR count). The highest BCUT2D eigenvalue weighted by molar-refractivity contribution is 14.0. The fourth-order valence-electron chi connectivity index (χ4n) is 4.01. The van der Waals surface area contributed by atoms with Crippen molar-refractivity contribution in [3.05, 3.63) is 29.8 Å². The molecule has 1 aromatic rings. The zero-order valence-corrected chi connectivity index (χ0v) is 21.3. The summed E-state index contributed by atoms with van der Waals surface area (Å²) < 4.78 is 26.5. The summed E-state index contributed by atoms with van der Waals surface area (Å²) in [6.45, 7) is 5.58. The number of aliphatic imine (C=N–C) groups is 1. The molecule has 2 aliphatic rings. The van der Waals surface area contributed by atoms with Crippen LogP contribution in [0, 0.1) is 0 Å². The summed E-state index contributed by atoms with van der Waals surface area (Å²) >= 11 is 2.16. The van der Waals surface area contributed by atoms with Gasteiger partial charge >= 0.3 is 0 Å². The monoisotopic (exact) mass is 552 g/mol. The van der Waals surface area contributed by atoms with Crippen LogP contribution in [-0.4, -0.2) is 56.5 Å². The molecule has 0 radical (unpaired) electrons. The second kappa shape index (κ2) is 11.2. The van der Waals surface area contributed by atoms with Crippen LogP contribution >= 0.6 is 35.7 Å². The van der Waals surface area contributed by atoms with Gasteiger partial charge in [-0.25, -0.2) is 18.1 Å². The Hall–Kier alpha value is -0.520. The van der Waals surface area contributed by atoms with Crippen molar-refractivity contribution in [3.63, 3.8) is 0 Å². The van der Waals surface area contributed by atoms with Crippen LogP contribution in [-0.2, 0) is 16.6 Å². The summed E-state index contributed by atoms with van der Waals surface area (Å²) in [6.07, 6.45) is 6.69. The number of benzene rings is 1. The van der Waals surface area contributed by atoms with Crippen LogP contribution in [0.15, 0.2) is 34.2 Å². The van der Waals surface area contributed by atoms with Gasteiger partial charge in [0.05, 0.1) is 11.4 Å². The van der Waals surface area contributed by atoms with Gasteiger partial charge in [0.2, 0.25) is 10.0 Å². The number of hydrogen-bond donors (Lipinski definition) is 2. The second-order valence-corrected chi connectivity index (χ2v) is 11.0. The van der Waals surface area contributed by atoms with Crippen molar-refractivity contribution in [2.75, 3.05) is 32.4 Å². The molecule has 2 fully saturated rings. The van der Waals surface area contributed by atoms with Crippen LogP contribution in [0.2, 0.25) is 0 Å². The van der Waals surface area contributed by atoms with Crippen LogP contribution in [0.4, 0.5) is 0 Å². The number of nitrogens with one attached hydrogen (secondary N) is 2. The van der Waals surface area contributed by atoms with Gasteiger partial charge in [-0.1, -0.05) is 31.4 Å². The second-order valence-electron chi connectivity index (χ2n) is 7.54. The van der Waals surface area contributed by atoms with Crippen molar-refractivity contribution < 1.29 is 8.42 Å². The lowest BCUT2D eigenvalue weighted by Crippen LogP contribution is -2.53. The Kier molecular flexibility index (Phi) is 9.56. The lowest BCUT2D eigenvalue weighted by molar-refractivity contribution is 0.293. The van der Waals surface area contributed by atoms with Crippen LogP contribution in [0.1, 0.15) is 44.6 Å². The van der Waals surface area contributed by atoms with E-state index in [1.54, 1.807) is 12.1 Å². The lowest BCUT2D eigenvalue weighted by atomic mass is 9.87. The average molecular weight is 553 g/mol. The maximum atomic E-state index is 11.9. The predicted octanol–water partition coefficient (Wildman–Crippen LogP) is 3.43. The quantitative estimate of drug-likeness (QED) is 0.333. The highest BCUT2D eigenvalue weighted by Crippen LogP contribution is 2.42. The van der Waals surface area contributed by atoms with Gasteiger partial charge in [-0.15, -0.1) is 24.0 Å². The van der Waals surface area contributed by atoms with Crippen molar-refractivity contribution in [3.8, 4) is 0 Å². The largest absolute Gasteiger partial charge is 0.357 e. The lowest BCUT2D eigenvalue weighted by Gasteiger charge is -2.45. The summed E-state index contributed by atoms with van der Waals surface area (Å²) in [5.74, 6) is 2.13. The molecule has 1 aliphatic heterocycles. The van der Waals surface area contributed by atoms with Gasteiger partial charge in [-0.3, -0.25) is 0 Å². The Morgan fingerprint density at radius 1 is 1.21 bits per heavy atom. The number of guanidine groups is 1. The van der Waals surface area contributed by atoms with Gasteiger partial charge in [-0.2, -0.15) is 11.8 Å². The van der Waals surface area contributed by atoms with Crippen molar-refractivity contribution in [2.45, 2.75) is 55.2 Å². The van der Waals surface area contributed by atoms with E-state index in [1.807, 2.05) is 12.1 Å². The Morgan fingerprint density at radius 2 is 1.90 bits per heavy atom. The van der Waals surface area contributed by atoms with E-state index in [0.29, 0.717) is 11.3 Å². The van der Waals surface area contributed by atoms with E-state index in [2.05, 4.69) is 33.6 Å². The maximum absolute atomic E-state index is 11.9. The standard InChI is InChI=1S/C20H32N4O2S2.HI/c1-3-22-19(24-13-14-27-20(16-24)11-5-4-6-12-20)23-15-17-7-9-18(10-8-17)28(25,26)21-2;/h7-10,21H,3-6,11-16H2,1-2H3,(H,22,23);1H. The first-order chi connectivity index (χ1) is 13.5. The summed E-state index contributed by atoms with van der Waals surface area (Å²) in [7, 11) is -1.97. The van der Waals surface area contributed by atoms with Gasteiger partial charge in [0.25, 0.3) is 0 Å². The smallest absolute Gasteiger partial charge is 0.240 e. The average Bonchev–Trinajstić information content (AvgIpc) is 2.72. The Bertz CT molecular complexity index is 773. The summed E-state index contributed by atoms with van der Waals surface area (Å²) in [6, 6.07) is 6.95. The number of nitrogens with zero attached hydrogens (tertiary/aromatic N) is 2. The van der Waals surface area contributed by atoms with E-state index < -0.39 is 10.0 Å². The highest BCUT2D eigenvalue weighted by Gasteiger charge is 2.38. The molecule has 1 aromatic carbocycles. The van der Waals surface area contributed by atoms with Crippen molar-refractivity contribution in [1.29, 1.82) is 0 Å². The first-order valence-corrected chi connectivity index (χ1v) is 12.6. The molecule has 1 heterocycles. The third kappa shape index (κ3) is 6.48. The van der Waals surface area contributed by atoms with Crippen LogP contribution in [0.25, 0.3) is 0 Å². The first kappa shape index (κ1) is 24.7. The third-order valence-electron chi connectivity index (χ3n) is 5.56. The molecular formula is C20H33IN4O2S2. The molecule has 0 amide bonds. The van der Waals surface area contributed by atoms with Gasteiger partial charge in [0, 0.05) is 30.1 Å². The van der Waals surface area contributed by atoms with Gasteiger partial charge < -0.3 is 10.2 Å². The minimum absolute atomic E-state index is 0. The van der Waals surface area contributed by atoms with Gasteiger partial charge in [0.1, 0.15) is 0 Å². The molecule has 1 aliphatic carbocycles. The molecule has 0 atom stereocenters. The van der Waals surface area contributed by atoms with Gasteiger partial charge in [-0.05, 0) is 44.5 Å². The Balaban J connectivity index is 0.00000300. The van der Waals surface area contributed by atoms with E-state index in [4.69, 9.17) is 4.99 Å². The molecule has 6 nitrogen and oxygen atoms in total. The van der Waals surface area contributed by atoms with Crippen molar-refractivity contribution in [2.24, 2.45) is 4.99 Å². The topological polar surface area (TPSA) is 73.8 Å². The molecule has 0 bridgehead atoms. The predicted molar refractivity (Wildman–Crippen MR) is 133 cm³/mol. The zero-order valence-electron chi connectivity index (χ0n) is 17.3. The van der Waals surface area contributed by atoms with E-state index in [1.165, 1.54) is 39.2 Å². The molecule has 9 heteroatoms. The Morgan fingerprint density at radius 3 is 2.52 bits per heavy atom. The number of rotatable bonds is 5. The fraction of sp³-hybridized carbons (Fsp3) is 0.650. The highest BCUT2D eigenvalue weighted by atomic mass is 127.